The van der Waals surface area contributed by atoms with Gasteiger partial charge in [0, 0.05) is 12.8 Å². The lowest BCUT2D eigenvalue weighted by Crippen LogP contribution is -2.45. The number of unbranched alkanes of at least 4 members (excludes halogenated alkanes) is 64. The molecule has 6 heteroatoms. The Hall–Kier alpha value is -1.40. The van der Waals surface area contributed by atoms with Crippen molar-refractivity contribution >= 4 is 11.9 Å². The van der Waals surface area contributed by atoms with Crippen molar-refractivity contribution in [3.63, 3.8) is 0 Å². The lowest BCUT2D eigenvalue weighted by Gasteiger charge is -2.20. The number of hydrogen-bond acceptors (Lipinski definition) is 5. The second-order valence-electron chi connectivity index (χ2n) is 27.4. The summed E-state index contributed by atoms with van der Waals surface area (Å²) in [4.78, 5) is 24.6. The van der Waals surface area contributed by atoms with Crippen LogP contribution < -0.4 is 5.32 Å². The number of ether oxygens (including phenoxy) is 1. The van der Waals surface area contributed by atoms with E-state index in [0.29, 0.717) is 19.4 Å². The minimum atomic E-state index is -0.841. The molecule has 0 bridgehead atoms. The molecular weight excluding hydrogens is 1040 g/mol. The highest BCUT2D eigenvalue weighted by Crippen LogP contribution is 2.20. The lowest BCUT2D eigenvalue weighted by molar-refractivity contribution is -0.143. The van der Waals surface area contributed by atoms with Crippen molar-refractivity contribution < 1.29 is 24.5 Å². The van der Waals surface area contributed by atoms with E-state index in [4.69, 9.17) is 4.74 Å². The number of esters is 1. The average molecular weight is 1200 g/mol. The predicted octanol–water partition coefficient (Wildman–Crippen LogP) is 25.9. The molecule has 6 nitrogen and oxygen atoms in total. The summed E-state index contributed by atoms with van der Waals surface area (Å²) < 4.78 is 5.52. The number of carbonyl (C=O) groups is 2. The van der Waals surface area contributed by atoms with E-state index in [9.17, 15) is 19.8 Å². The van der Waals surface area contributed by atoms with Crippen LogP contribution in [0.15, 0.2) is 12.2 Å². The molecule has 0 aromatic heterocycles. The fourth-order valence-corrected chi connectivity index (χ4v) is 12.8. The zero-order valence-corrected chi connectivity index (χ0v) is 58.1. The minimum Gasteiger partial charge on any atom is -0.466 e. The van der Waals surface area contributed by atoms with Crippen molar-refractivity contribution in [2.45, 2.75) is 469 Å². The lowest BCUT2D eigenvalue weighted by atomic mass is 10.0. The largest absolute Gasteiger partial charge is 0.466 e. The maximum Gasteiger partial charge on any atom is 0.305 e. The van der Waals surface area contributed by atoms with Gasteiger partial charge in [0.25, 0.3) is 0 Å². The summed E-state index contributed by atoms with van der Waals surface area (Å²) in [6, 6.07) is -0.624. The zero-order valence-electron chi connectivity index (χ0n) is 58.1. The number of aliphatic hydroxyl groups excluding tert-OH is 2. The zero-order chi connectivity index (χ0) is 61.3. The molecular formula is C79H155NO5. The number of allylic oxidation sites excluding steroid dienone is 1. The van der Waals surface area contributed by atoms with Gasteiger partial charge < -0.3 is 20.3 Å². The molecule has 0 fully saturated rings. The normalized spacial score (nSPS) is 12.5. The molecule has 0 saturated heterocycles. The van der Waals surface area contributed by atoms with Gasteiger partial charge in [-0.05, 0) is 32.1 Å². The van der Waals surface area contributed by atoms with E-state index >= 15 is 0 Å². The van der Waals surface area contributed by atoms with Crippen LogP contribution in [0.25, 0.3) is 0 Å². The van der Waals surface area contributed by atoms with Crippen molar-refractivity contribution in [3.05, 3.63) is 12.2 Å². The fourth-order valence-electron chi connectivity index (χ4n) is 12.8. The monoisotopic (exact) mass is 1200 g/mol. The third-order valence-corrected chi connectivity index (χ3v) is 18.8. The molecule has 0 spiro atoms. The van der Waals surface area contributed by atoms with E-state index in [1.54, 1.807) is 6.08 Å². The van der Waals surface area contributed by atoms with Crippen molar-refractivity contribution in [1.82, 2.24) is 5.32 Å². The second kappa shape index (κ2) is 75.1. The van der Waals surface area contributed by atoms with Crippen LogP contribution in [0.4, 0.5) is 0 Å². The first-order valence-corrected chi connectivity index (χ1v) is 39.5. The van der Waals surface area contributed by atoms with Crippen LogP contribution in [0.5, 0.6) is 0 Å². The van der Waals surface area contributed by atoms with Gasteiger partial charge in [0.15, 0.2) is 0 Å². The SMILES string of the molecule is CCCCCCCCCCCCCCCCCC/C=C/C(O)C(CO)NC(=O)CCCCCCCCCCCCCCCCCCCCCCCCCCCCCCCCCCCOC(=O)CCCCCCCCCCCCCCCCCCC. The molecule has 0 aliphatic rings. The van der Waals surface area contributed by atoms with Crippen molar-refractivity contribution in [3.8, 4) is 0 Å². The molecule has 2 atom stereocenters. The third-order valence-electron chi connectivity index (χ3n) is 18.8. The van der Waals surface area contributed by atoms with Crippen molar-refractivity contribution in [2.75, 3.05) is 13.2 Å². The summed E-state index contributed by atoms with van der Waals surface area (Å²) in [5.74, 6) is -0.0321. The molecule has 0 aliphatic carbocycles. The number of amides is 1. The Labute approximate surface area is 533 Å². The molecule has 0 aromatic rings. The summed E-state index contributed by atoms with van der Waals surface area (Å²) in [5.41, 5.74) is 0. The molecule has 506 valence electrons. The molecule has 1 amide bonds. The Morgan fingerprint density at radius 3 is 0.800 bits per heavy atom. The van der Waals surface area contributed by atoms with Gasteiger partial charge in [0.1, 0.15) is 0 Å². The Morgan fingerprint density at radius 1 is 0.318 bits per heavy atom. The first-order chi connectivity index (χ1) is 42.0. The highest BCUT2D eigenvalue weighted by molar-refractivity contribution is 5.76. The average Bonchev–Trinajstić information content (AvgIpc) is 3.51. The van der Waals surface area contributed by atoms with Gasteiger partial charge in [-0.1, -0.05) is 424 Å². The van der Waals surface area contributed by atoms with Crippen molar-refractivity contribution in [1.29, 1.82) is 0 Å². The van der Waals surface area contributed by atoms with Gasteiger partial charge in [-0.3, -0.25) is 9.59 Å². The Balaban J connectivity index is 3.32. The van der Waals surface area contributed by atoms with Crippen LogP contribution >= 0.6 is 0 Å². The number of hydrogen-bond donors (Lipinski definition) is 3. The summed E-state index contributed by atoms with van der Waals surface area (Å²) in [6.45, 7) is 4.97. The highest BCUT2D eigenvalue weighted by atomic mass is 16.5. The first-order valence-electron chi connectivity index (χ1n) is 39.5. The van der Waals surface area contributed by atoms with E-state index in [0.717, 1.165) is 38.5 Å². The van der Waals surface area contributed by atoms with Gasteiger partial charge in [-0.2, -0.15) is 0 Å². The molecule has 0 aliphatic heterocycles. The topological polar surface area (TPSA) is 95.9 Å². The van der Waals surface area contributed by atoms with Gasteiger partial charge in [-0.15, -0.1) is 0 Å². The molecule has 2 unspecified atom stereocenters. The Bertz CT molecular complexity index is 1290. The van der Waals surface area contributed by atoms with E-state index < -0.39 is 12.1 Å². The van der Waals surface area contributed by atoms with Crippen LogP contribution in [0.3, 0.4) is 0 Å². The highest BCUT2D eigenvalue weighted by Gasteiger charge is 2.18. The standard InChI is InChI=1S/C79H155NO5/c1-3-5-7-9-11-13-15-17-19-21-40-43-47-51-55-59-63-67-71-77(82)76(75-81)80-78(83)72-68-64-60-56-52-48-44-41-37-35-33-31-29-27-25-23-22-24-26-28-30-32-34-36-38-42-46-50-54-58-62-66-70-74-85-79(84)73-69-65-61-57-53-49-45-39-20-18-16-14-12-10-8-6-4-2/h67,71,76-77,81-82H,3-66,68-70,72-75H2,1-2H3,(H,80,83)/b71-67+. The van der Waals surface area contributed by atoms with Gasteiger partial charge in [-0.25, -0.2) is 0 Å². The number of rotatable bonds is 75. The molecule has 85 heavy (non-hydrogen) atoms. The van der Waals surface area contributed by atoms with Crippen LogP contribution in [-0.2, 0) is 14.3 Å². The van der Waals surface area contributed by atoms with Crippen LogP contribution in [0.1, 0.15) is 457 Å². The van der Waals surface area contributed by atoms with Gasteiger partial charge in [0.05, 0.1) is 25.4 Å². The predicted molar refractivity (Wildman–Crippen MR) is 375 cm³/mol. The van der Waals surface area contributed by atoms with Crippen molar-refractivity contribution in [2.24, 2.45) is 0 Å². The van der Waals surface area contributed by atoms with Crippen LogP contribution in [-0.4, -0.2) is 47.4 Å². The third kappa shape index (κ3) is 71.6. The number of aliphatic hydroxyl groups is 2. The maximum absolute atomic E-state index is 12.5. The van der Waals surface area contributed by atoms with Crippen LogP contribution in [0, 0.1) is 0 Å². The molecule has 0 radical (unpaired) electrons. The van der Waals surface area contributed by atoms with Gasteiger partial charge in [0.2, 0.25) is 5.91 Å². The number of carbonyl (C=O) groups excluding carboxylic acids is 2. The summed E-state index contributed by atoms with van der Waals surface area (Å²) in [6.07, 6.45) is 94.8. The smallest absolute Gasteiger partial charge is 0.305 e. The van der Waals surface area contributed by atoms with E-state index in [2.05, 4.69) is 19.2 Å². The molecule has 3 N–H and O–H groups in total. The van der Waals surface area contributed by atoms with Gasteiger partial charge >= 0.3 is 5.97 Å². The summed E-state index contributed by atoms with van der Waals surface area (Å²) >= 11 is 0. The molecule has 0 aromatic carbocycles. The first kappa shape index (κ1) is 83.6. The van der Waals surface area contributed by atoms with E-state index in [1.807, 2.05) is 6.08 Å². The Kier molecular flexibility index (Phi) is 73.8. The molecule has 0 saturated carbocycles. The van der Waals surface area contributed by atoms with Crippen LogP contribution in [0.2, 0.25) is 0 Å². The molecule has 0 heterocycles. The van der Waals surface area contributed by atoms with E-state index in [1.165, 1.54) is 392 Å². The fraction of sp³-hybridized carbons (Fsp3) is 0.949. The Morgan fingerprint density at radius 2 is 0.541 bits per heavy atom. The minimum absolute atomic E-state index is 0.0266. The van der Waals surface area contributed by atoms with E-state index in [-0.39, 0.29) is 18.5 Å². The quantitative estimate of drug-likeness (QED) is 0.0320. The second-order valence-corrected chi connectivity index (χ2v) is 27.4. The maximum atomic E-state index is 12.5. The summed E-state index contributed by atoms with van der Waals surface area (Å²) in [7, 11) is 0. The number of nitrogens with one attached hydrogen (secondary N) is 1. The molecule has 0 rings (SSSR count). The summed E-state index contributed by atoms with van der Waals surface area (Å²) in [5, 5.41) is 23.2.